The summed E-state index contributed by atoms with van der Waals surface area (Å²) in [6.07, 6.45) is 0. The highest BCUT2D eigenvalue weighted by Gasteiger charge is 2.16. The summed E-state index contributed by atoms with van der Waals surface area (Å²) in [4.78, 5) is 16.4. The van der Waals surface area contributed by atoms with Gasteiger partial charge in [-0.1, -0.05) is 72.8 Å². The molecular weight excluding hydrogens is 320 g/mol. The molecule has 0 aliphatic carbocycles. The Hall–Kier alpha value is -3.66. The first-order chi connectivity index (χ1) is 12.9. The lowest BCUT2D eigenvalue weighted by Crippen LogP contribution is -1.83. The number of aromatic nitrogens is 4. The summed E-state index contributed by atoms with van der Waals surface area (Å²) in [6, 6.07) is 28.5. The monoisotopic (exact) mass is 336 g/mol. The highest BCUT2D eigenvalue weighted by molar-refractivity contribution is 5.82. The summed E-state index contributed by atoms with van der Waals surface area (Å²) in [7, 11) is 0. The van der Waals surface area contributed by atoms with Gasteiger partial charge in [-0.05, 0) is 12.1 Å². The van der Waals surface area contributed by atoms with Crippen molar-refractivity contribution in [2.24, 2.45) is 0 Å². The molecule has 0 unspecified atom stereocenters. The number of fused-ring (bicyclic) bond motifs is 1. The first-order valence-corrected chi connectivity index (χ1v) is 8.54. The molecule has 4 nitrogen and oxygen atoms in total. The van der Waals surface area contributed by atoms with E-state index in [4.69, 9.17) is 4.98 Å². The van der Waals surface area contributed by atoms with E-state index >= 15 is 0 Å². The zero-order valence-electron chi connectivity index (χ0n) is 14.0. The standard InChI is InChI=1S/C22H16N4/c1-3-9-15(10-4-1)19-20(16-11-5-2-6-12-16)26-22(25-19)21-23-17-13-7-8-14-18(17)24-21/h1-14H,(H,23,24)(H,25,26). The third kappa shape index (κ3) is 2.48. The lowest BCUT2D eigenvalue weighted by Gasteiger charge is -2.02. The van der Waals surface area contributed by atoms with Crippen molar-refractivity contribution in [2.45, 2.75) is 0 Å². The van der Waals surface area contributed by atoms with E-state index in [1.807, 2.05) is 60.7 Å². The second-order valence-electron chi connectivity index (χ2n) is 6.14. The molecule has 0 radical (unpaired) electrons. The van der Waals surface area contributed by atoms with E-state index in [9.17, 15) is 0 Å². The van der Waals surface area contributed by atoms with E-state index in [-0.39, 0.29) is 0 Å². The number of hydrogen-bond acceptors (Lipinski definition) is 2. The van der Waals surface area contributed by atoms with E-state index in [0.29, 0.717) is 0 Å². The third-order valence-electron chi connectivity index (χ3n) is 4.43. The maximum atomic E-state index is 4.87. The lowest BCUT2D eigenvalue weighted by molar-refractivity contribution is 1.21. The van der Waals surface area contributed by atoms with Gasteiger partial charge in [0.25, 0.3) is 0 Å². The fraction of sp³-hybridized carbons (Fsp3) is 0. The second-order valence-corrected chi connectivity index (χ2v) is 6.14. The van der Waals surface area contributed by atoms with Crippen molar-refractivity contribution < 1.29 is 0 Å². The number of hydrogen-bond donors (Lipinski definition) is 2. The van der Waals surface area contributed by atoms with Crippen LogP contribution < -0.4 is 0 Å². The smallest absolute Gasteiger partial charge is 0.174 e. The summed E-state index contributed by atoms with van der Waals surface area (Å²) in [5.41, 5.74) is 6.02. The molecule has 2 N–H and O–H groups in total. The zero-order valence-corrected chi connectivity index (χ0v) is 14.0. The molecule has 4 heteroatoms. The Labute approximate surface area is 150 Å². The summed E-state index contributed by atoms with van der Waals surface area (Å²) in [6.45, 7) is 0. The molecule has 0 saturated carbocycles. The van der Waals surface area contributed by atoms with Gasteiger partial charge in [0.1, 0.15) is 0 Å². The number of rotatable bonds is 3. The van der Waals surface area contributed by atoms with Gasteiger partial charge in [-0.15, -0.1) is 0 Å². The molecule has 0 bridgehead atoms. The highest BCUT2D eigenvalue weighted by atomic mass is 15.0. The molecule has 2 aromatic heterocycles. The fourth-order valence-corrected chi connectivity index (χ4v) is 3.17. The lowest BCUT2D eigenvalue weighted by atomic mass is 10.1. The van der Waals surface area contributed by atoms with Gasteiger partial charge in [0.05, 0.1) is 22.4 Å². The fourth-order valence-electron chi connectivity index (χ4n) is 3.17. The van der Waals surface area contributed by atoms with Crippen LogP contribution >= 0.6 is 0 Å². The molecule has 3 aromatic carbocycles. The molecule has 0 fully saturated rings. The number of para-hydroxylation sites is 2. The van der Waals surface area contributed by atoms with Crippen LogP contribution in [0.5, 0.6) is 0 Å². The number of nitrogens with one attached hydrogen (secondary N) is 2. The molecule has 5 rings (SSSR count). The zero-order chi connectivity index (χ0) is 17.3. The van der Waals surface area contributed by atoms with Crippen molar-refractivity contribution in [3.05, 3.63) is 84.9 Å². The number of nitrogens with zero attached hydrogens (tertiary/aromatic N) is 2. The molecule has 2 heterocycles. The number of aromatic amines is 2. The van der Waals surface area contributed by atoms with Gasteiger partial charge in [0.2, 0.25) is 0 Å². The van der Waals surface area contributed by atoms with Crippen molar-refractivity contribution in [1.82, 2.24) is 19.9 Å². The van der Waals surface area contributed by atoms with Crippen LogP contribution in [0.25, 0.3) is 45.2 Å². The van der Waals surface area contributed by atoms with Gasteiger partial charge in [0.15, 0.2) is 11.6 Å². The van der Waals surface area contributed by atoms with Crippen LogP contribution in [-0.4, -0.2) is 19.9 Å². The van der Waals surface area contributed by atoms with Crippen molar-refractivity contribution >= 4 is 11.0 Å². The molecule has 0 spiro atoms. The molecule has 5 aromatic rings. The minimum Gasteiger partial charge on any atom is -0.335 e. The Morgan fingerprint density at radius 3 is 1.88 bits per heavy atom. The molecule has 0 aliphatic rings. The molecule has 0 atom stereocenters. The van der Waals surface area contributed by atoms with Crippen LogP contribution in [0.15, 0.2) is 84.9 Å². The van der Waals surface area contributed by atoms with Gasteiger partial charge in [-0.2, -0.15) is 0 Å². The van der Waals surface area contributed by atoms with Crippen LogP contribution in [0.1, 0.15) is 0 Å². The summed E-state index contributed by atoms with van der Waals surface area (Å²) in [5, 5.41) is 0. The van der Waals surface area contributed by atoms with E-state index in [2.05, 4.69) is 39.2 Å². The summed E-state index contributed by atoms with van der Waals surface area (Å²) in [5.74, 6) is 1.48. The van der Waals surface area contributed by atoms with Gasteiger partial charge in [-0.25, -0.2) is 9.97 Å². The largest absolute Gasteiger partial charge is 0.335 e. The summed E-state index contributed by atoms with van der Waals surface area (Å²) < 4.78 is 0. The van der Waals surface area contributed by atoms with E-state index in [1.165, 1.54) is 0 Å². The molecule has 0 saturated heterocycles. The van der Waals surface area contributed by atoms with E-state index < -0.39 is 0 Å². The van der Waals surface area contributed by atoms with Crippen molar-refractivity contribution in [1.29, 1.82) is 0 Å². The van der Waals surface area contributed by atoms with Crippen LogP contribution in [0.3, 0.4) is 0 Å². The minimum absolute atomic E-state index is 0.735. The van der Waals surface area contributed by atoms with Crippen LogP contribution in [0, 0.1) is 0 Å². The molecule has 26 heavy (non-hydrogen) atoms. The average molecular weight is 336 g/mol. The highest BCUT2D eigenvalue weighted by Crippen LogP contribution is 2.32. The van der Waals surface area contributed by atoms with Gasteiger partial charge in [0, 0.05) is 11.1 Å². The maximum Gasteiger partial charge on any atom is 0.174 e. The van der Waals surface area contributed by atoms with Crippen molar-refractivity contribution in [3.63, 3.8) is 0 Å². The Balaban J connectivity index is 1.71. The third-order valence-corrected chi connectivity index (χ3v) is 4.43. The quantitative estimate of drug-likeness (QED) is 0.470. The van der Waals surface area contributed by atoms with Gasteiger partial charge in [-0.3, -0.25) is 0 Å². The first-order valence-electron chi connectivity index (χ1n) is 8.54. The van der Waals surface area contributed by atoms with Crippen LogP contribution in [0.2, 0.25) is 0 Å². The normalized spacial score (nSPS) is 11.1. The second kappa shape index (κ2) is 6.01. The van der Waals surface area contributed by atoms with E-state index in [0.717, 1.165) is 45.2 Å². The molecule has 0 amide bonds. The topological polar surface area (TPSA) is 57.4 Å². The van der Waals surface area contributed by atoms with Gasteiger partial charge < -0.3 is 9.97 Å². The van der Waals surface area contributed by atoms with E-state index in [1.54, 1.807) is 0 Å². The first kappa shape index (κ1) is 14.7. The molecule has 124 valence electrons. The van der Waals surface area contributed by atoms with Gasteiger partial charge >= 0.3 is 0 Å². The number of imidazole rings is 2. The SMILES string of the molecule is c1ccc(-c2nc(-c3nc4ccccc4[nH]3)[nH]c2-c2ccccc2)cc1. The van der Waals surface area contributed by atoms with Crippen LogP contribution in [0.4, 0.5) is 0 Å². The minimum atomic E-state index is 0.735. The van der Waals surface area contributed by atoms with Crippen LogP contribution in [-0.2, 0) is 0 Å². The Kier molecular flexibility index (Phi) is 3.39. The predicted molar refractivity (Wildman–Crippen MR) is 105 cm³/mol. The number of H-pyrrole nitrogens is 2. The van der Waals surface area contributed by atoms with Crippen molar-refractivity contribution in [2.75, 3.05) is 0 Å². The van der Waals surface area contributed by atoms with Crippen molar-refractivity contribution in [3.8, 4) is 34.2 Å². The Morgan fingerprint density at radius 1 is 0.538 bits per heavy atom. The number of benzene rings is 3. The molecule has 0 aliphatic heterocycles. The Bertz CT molecular complexity index is 1080. The maximum absolute atomic E-state index is 4.87. The summed E-state index contributed by atoms with van der Waals surface area (Å²) >= 11 is 0. The molecular formula is C22H16N4. The predicted octanol–water partition coefficient (Wildman–Crippen LogP) is 5.29. The average Bonchev–Trinajstić information content (AvgIpc) is 3.34. The Morgan fingerprint density at radius 2 is 1.15 bits per heavy atom.